The van der Waals surface area contributed by atoms with Crippen LogP contribution in [0.3, 0.4) is 0 Å². The smallest absolute Gasteiger partial charge is 0.332 e. The van der Waals surface area contributed by atoms with E-state index >= 15 is 0 Å². The van der Waals surface area contributed by atoms with Crippen LogP contribution in [-0.2, 0) is 11.8 Å². The number of imide groups is 1. The normalized spacial score (nSPS) is 20.3. The van der Waals surface area contributed by atoms with Crippen LogP contribution in [-0.4, -0.2) is 63.1 Å². The predicted octanol–water partition coefficient (Wildman–Crippen LogP) is 1.10. The van der Waals surface area contributed by atoms with Crippen LogP contribution < -0.4 is 4.90 Å². The van der Waals surface area contributed by atoms with Crippen molar-refractivity contribution in [3.63, 3.8) is 0 Å². The first-order valence-corrected chi connectivity index (χ1v) is 8.55. The lowest BCUT2D eigenvalue weighted by atomic mass is 10.2. The molecule has 1 aromatic heterocycles. The van der Waals surface area contributed by atoms with Crippen molar-refractivity contribution in [2.45, 2.75) is 12.5 Å². The van der Waals surface area contributed by atoms with Crippen LogP contribution in [0, 0.1) is 0 Å². The highest BCUT2D eigenvalue weighted by atomic mass is 16.2. The second kappa shape index (κ2) is 6.29. The number of nitrogens with zero attached hydrogens (tertiary/aromatic N) is 5. The molecule has 1 atom stereocenters. The Labute approximate surface area is 150 Å². The maximum atomic E-state index is 12.9. The van der Waals surface area contributed by atoms with Crippen LogP contribution >= 0.6 is 0 Å². The Morgan fingerprint density at radius 2 is 1.88 bits per heavy atom. The first kappa shape index (κ1) is 16.3. The van der Waals surface area contributed by atoms with Gasteiger partial charge in [0.25, 0.3) is 11.8 Å². The molecule has 2 aliphatic rings. The van der Waals surface area contributed by atoms with E-state index in [1.807, 2.05) is 6.07 Å². The Morgan fingerprint density at radius 3 is 2.58 bits per heavy atom. The number of rotatable bonds is 2. The van der Waals surface area contributed by atoms with E-state index in [9.17, 15) is 14.4 Å². The molecule has 8 heteroatoms. The van der Waals surface area contributed by atoms with E-state index in [1.54, 1.807) is 58.1 Å². The van der Waals surface area contributed by atoms with Crippen LogP contribution in [0.1, 0.15) is 16.9 Å². The molecule has 2 fully saturated rings. The molecule has 4 amide bonds. The number of fused-ring (bicyclic) bond motifs is 1. The lowest BCUT2D eigenvalue weighted by molar-refractivity contribution is -0.119. The zero-order chi connectivity index (χ0) is 18.3. The van der Waals surface area contributed by atoms with Gasteiger partial charge in [-0.2, -0.15) is 5.10 Å². The van der Waals surface area contributed by atoms with E-state index in [0.29, 0.717) is 30.9 Å². The van der Waals surface area contributed by atoms with E-state index in [1.165, 1.54) is 4.90 Å². The van der Waals surface area contributed by atoms with E-state index < -0.39 is 6.04 Å². The molecule has 26 heavy (non-hydrogen) atoms. The number of aromatic nitrogens is 2. The highest BCUT2D eigenvalue weighted by molar-refractivity contribution is 6.21. The van der Waals surface area contributed by atoms with Crippen LogP contribution in [0.25, 0.3) is 0 Å². The van der Waals surface area contributed by atoms with Crippen molar-refractivity contribution in [3.8, 4) is 0 Å². The summed E-state index contributed by atoms with van der Waals surface area (Å²) in [7, 11) is 1.75. The molecule has 1 unspecified atom stereocenters. The molecular formula is C18H19N5O3. The summed E-state index contributed by atoms with van der Waals surface area (Å²) < 4.78 is 1.57. The lowest BCUT2D eigenvalue weighted by Crippen LogP contribution is -2.43. The molecule has 2 aliphatic heterocycles. The molecule has 4 rings (SSSR count). The summed E-state index contributed by atoms with van der Waals surface area (Å²) in [6.45, 7) is 1.13. The number of anilines is 1. The molecule has 8 nitrogen and oxygen atoms in total. The van der Waals surface area contributed by atoms with Gasteiger partial charge in [-0.3, -0.25) is 14.3 Å². The highest BCUT2D eigenvalue weighted by Gasteiger charge is 2.47. The molecule has 0 radical (unpaired) electrons. The first-order chi connectivity index (χ1) is 12.6. The van der Waals surface area contributed by atoms with Gasteiger partial charge < -0.3 is 9.80 Å². The third kappa shape index (κ3) is 2.63. The van der Waals surface area contributed by atoms with Gasteiger partial charge in [-0.1, -0.05) is 18.2 Å². The number of urea groups is 1. The molecule has 2 saturated heterocycles. The van der Waals surface area contributed by atoms with Gasteiger partial charge in [0.15, 0.2) is 0 Å². The molecule has 1 aromatic carbocycles. The number of carbonyl (C=O) groups is 3. The average molecular weight is 353 g/mol. The summed E-state index contributed by atoms with van der Waals surface area (Å²) in [5.74, 6) is -0.507. The van der Waals surface area contributed by atoms with E-state index in [2.05, 4.69) is 5.10 Å². The summed E-state index contributed by atoms with van der Waals surface area (Å²) in [6.07, 6.45) is 2.33. The van der Waals surface area contributed by atoms with Gasteiger partial charge in [0.05, 0.1) is 12.2 Å². The molecule has 3 heterocycles. The van der Waals surface area contributed by atoms with Crippen LogP contribution in [0.4, 0.5) is 10.5 Å². The Bertz CT molecular complexity index is 863. The quantitative estimate of drug-likeness (QED) is 0.758. The van der Waals surface area contributed by atoms with Gasteiger partial charge in [0.1, 0.15) is 11.7 Å². The first-order valence-electron chi connectivity index (χ1n) is 8.55. The van der Waals surface area contributed by atoms with Gasteiger partial charge in [-0.25, -0.2) is 9.69 Å². The fourth-order valence-electron chi connectivity index (χ4n) is 3.49. The monoisotopic (exact) mass is 353 g/mol. The zero-order valence-corrected chi connectivity index (χ0v) is 14.4. The van der Waals surface area contributed by atoms with Crippen molar-refractivity contribution < 1.29 is 14.4 Å². The van der Waals surface area contributed by atoms with Crippen LogP contribution in [0.5, 0.6) is 0 Å². The van der Waals surface area contributed by atoms with E-state index in [0.717, 1.165) is 0 Å². The molecule has 0 spiro atoms. The summed E-state index contributed by atoms with van der Waals surface area (Å²) in [6, 6.07) is 9.56. The van der Waals surface area contributed by atoms with Crippen LogP contribution in [0.2, 0.25) is 0 Å². The van der Waals surface area contributed by atoms with Crippen molar-refractivity contribution in [2.75, 3.05) is 24.5 Å². The predicted molar refractivity (Wildman–Crippen MR) is 93.5 cm³/mol. The number of amides is 4. The van der Waals surface area contributed by atoms with Crippen molar-refractivity contribution >= 4 is 23.5 Å². The lowest BCUT2D eigenvalue weighted by Gasteiger charge is -2.22. The molecule has 0 saturated carbocycles. The Balaban J connectivity index is 1.59. The molecule has 134 valence electrons. The SMILES string of the molecule is Cn1ccc(C(=O)N2CCCN3C(=O)N(c4ccccc4)C(=O)C3C2)n1. The molecule has 0 N–H and O–H groups in total. The van der Waals surface area contributed by atoms with Gasteiger partial charge >= 0.3 is 6.03 Å². The number of carbonyl (C=O) groups excluding carboxylic acids is 3. The Kier molecular flexibility index (Phi) is 3.95. The van der Waals surface area contributed by atoms with Gasteiger partial charge in [-0.05, 0) is 24.6 Å². The van der Waals surface area contributed by atoms with Crippen LogP contribution in [0.15, 0.2) is 42.6 Å². The number of hydrogen-bond donors (Lipinski definition) is 0. The second-order valence-corrected chi connectivity index (χ2v) is 6.48. The van der Waals surface area contributed by atoms with Gasteiger partial charge in [0, 0.05) is 26.3 Å². The van der Waals surface area contributed by atoms with Crippen molar-refractivity contribution in [2.24, 2.45) is 7.05 Å². The van der Waals surface area contributed by atoms with E-state index in [4.69, 9.17) is 0 Å². The fourth-order valence-corrected chi connectivity index (χ4v) is 3.49. The fraction of sp³-hybridized carbons (Fsp3) is 0.333. The minimum atomic E-state index is -0.655. The summed E-state index contributed by atoms with van der Waals surface area (Å²) in [4.78, 5) is 42.8. The minimum Gasteiger partial charge on any atom is -0.335 e. The number of aryl methyl sites for hydroxylation is 1. The van der Waals surface area contributed by atoms with Gasteiger partial charge in [-0.15, -0.1) is 0 Å². The summed E-state index contributed by atoms with van der Waals surface area (Å²) in [5, 5.41) is 4.15. The van der Waals surface area contributed by atoms with Gasteiger partial charge in [0.2, 0.25) is 0 Å². The molecule has 0 bridgehead atoms. The minimum absolute atomic E-state index is 0.184. The third-order valence-corrected chi connectivity index (χ3v) is 4.77. The maximum Gasteiger partial charge on any atom is 0.332 e. The van der Waals surface area contributed by atoms with E-state index in [-0.39, 0.29) is 24.4 Å². The summed E-state index contributed by atoms with van der Waals surface area (Å²) >= 11 is 0. The number of benzene rings is 1. The van der Waals surface area contributed by atoms with Crippen molar-refractivity contribution in [3.05, 3.63) is 48.3 Å². The number of hydrogen-bond acceptors (Lipinski definition) is 4. The second-order valence-electron chi connectivity index (χ2n) is 6.48. The topological polar surface area (TPSA) is 78.8 Å². The summed E-state index contributed by atoms with van der Waals surface area (Å²) in [5.41, 5.74) is 0.899. The Hall–Kier alpha value is -3.16. The standard InChI is InChI=1S/C18H19N5O3/c1-20-11-8-14(19-20)16(24)21-9-5-10-22-15(12-21)17(25)23(18(22)26)13-6-3-2-4-7-13/h2-4,6-8,11,15H,5,9-10,12H2,1H3. The highest BCUT2D eigenvalue weighted by Crippen LogP contribution is 2.27. The van der Waals surface area contributed by atoms with Crippen molar-refractivity contribution in [1.29, 1.82) is 0 Å². The average Bonchev–Trinajstić information content (AvgIpc) is 3.07. The largest absolute Gasteiger partial charge is 0.335 e. The molecule has 0 aliphatic carbocycles. The Morgan fingerprint density at radius 1 is 1.12 bits per heavy atom. The molecular weight excluding hydrogens is 334 g/mol. The maximum absolute atomic E-state index is 12.9. The zero-order valence-electron chi connectivity index (χ0n) is 14.4. The third-order valence-electron chi connectivity index (χ3n) is 4.77. The number of para-hydroxylation sites is 1. The van der Waals surface area contributed by atoms with Crippen molar-refractivity contribution in [1.82, 2.24) is 19.6 Å². The molecule has 2 aromatic rings.